The van der Waals surface area contributed by atoms with Crippen molar-refractivity contribution >= 4 is 0 Å². The number of hydrogen-bond acceptors (Lipinski definition) is 1. The third-order valence-corrected chi connectivity index (χ3v) is 5.25. The molecular formula is C18H32O. The second-order valence-electron chi connectivity index (χ2n) is 6.80. The smallest absolute Gasteiger partial charge is 0.0856 e. The van der Waals surface area contributed by atoms with E-state index in [1.165, 1.54) is 69.8 Å². The predicted octanol–water partition coefficient (Wildman–Crippen LogP) is 5.38. The molecule has 2 unspecified atom stereocenters. The number of aliphatic hydroxyl groups is 1. The van der Waals surface area contributed by atoms with Gasteiger partial charge in [-0.15, -0.1) is 0 Å². The standard InChI is InChI=1S/C18H32O/c1-2-9-16-10-8-14-18(19,15-13-16)17-11-6-4-3-5-7-12-17/h11,16,19H,2-10,12-15H2,1H3. The first kappa shape index (κ1) is 15.1. The van der Waals surface area contributed by atoms with Crippen molar-refractivity contribution in [2.45, 2.75) is 96.0 Å². The highest BCUT2D eigenvalue weighted by Gasteiger charge is 2.33. The molecule has 1 heteroatoms. The fraction of sp³-hybridized carbons (Fsp3) is 0.889. The molecule has 0 bridgehead atoms. The lowest BCUT2D eigenvalue weighted by atomic mass is 9.81. The zero-order valence-electron chi connectivity index (χ0n) is 12.8. The van der Waals surface area contributed by atoms with Crippen molar-refractivity contribution < 1.29 is 5.11 Å². The van der Waals surface area contributed by atoms with E-state index in [1.54, 1.807) is 0 Å². The summed E-state index contributed by atoms with van der Waals surface area (Å²) in [5.41, 5.74) is 0.948. The van der Waals surface area contributed by atoms with Crippen LogP contribution in [0.5, 0.6) is 0 Å². The Kier molecular flexibility index (Phi) is 5.94. The first-order valence-corrected chi connectivity index (χ1v) is 8.66. The molecular weight excluding hydrogens is 232 g/mol. The topological polar surface area (TPSA) is 20.2 Å². The average Bonchev–Trinajstić information content (AvgIpc) is 2.53. The third-order valence-electron chi connectivity index (χ3n) is 5.25. The summed E-state index contributed by atoms with van der Waals surface area (Å²) >= 11 is 0. The highest BCUT2D eigenvalue weighted by Crippen LogP contribution is 2.39. The molecule has 19 heavy (non-hydrogen) atoms. The van der Waals surface area contributed by atoms with Crippen LogP contribution in [-0.2, 0) is 0 Å². The van der Waals surface area contributed by atoms with Gasteiger partial charge in [0.05, 0.1) is 5.60 Å². The van der Waals surface area contributed by atoms with Gasteiger partial charge in [0, 0.05) is 0 Å². The van der Waals surface area contributed by atoms with E-state index in [-0.39, 0.29) is 0 Å². The lowest BCUT2D eigenvalue weighted by Gasteiger charge is -2.31. The molecule has 0 amide bonds. The number of hydrogen-bond donors (Lipinski definition) is 1. The molecule has 0 heterocycles. The van der Waals surface area contributed by atoms with Gasteiger partial charge in [0.25, 0.3) is 0 Å². The fourth-order valence-electron chi connectivity index (χ4n) is 4.03. The molecule has 2 aliphatic rings. The molecule has 0 aromatic heterocycles. The maximum Gasteiger partial charge on any atom is 0.0856 e. The van der Waals surface area contributed by atoms with Crippen LogP contribution in [-0.4, -0.2) is 10.7 Å². The first-order valence-electron chi connectivity index (χ1n) is 8.66. The molecule has 2 atom stereocenters. The Hall–Kier alpha value is -0.300. The van der Waals surface area contributed by atoms with Crippen molar-refractivity contribution in [2.75, 3.05) is 0 Å². The van der Waals surface area contributed by atoms with Crippen LogP contribution in [0.4, 0.5) is 0 Å². The lowest BCUT2D eigenvalue weighted by Crippen LogP contribution is -2.31. The molecule has 0 spiro atoms. The van der Waals surface area contributed by atoms with Gasteiger partial charge >= 0.3 is 0 Å². The molecule has 1 N–H and O–H groups in total. The van der Waals surface area contributed by atoms with Gasteiger partial charge in [0.2, 0.25) is 0 Å². The lowest BCUT2D eigenvalue weighted by molar-refractivity contribution is 0.0564. The van der Waals surface area contributed by atoms with Crippen molar-refractivity contribution in [3.63, 3.8) is 0 Å². The molecule has 1 nitrogen and oxygen atoms in total. The van der Waals surface area contributed by atoms with Crippen LogP contribution in [0.15, 0.2) is 11.6 Å². The largest absolute Gasteiger partial charge is 0.386 e. The van der Waals surface area contributed by atoms with Gasteiger partial charge in [-0.05, 0) is 62.9 Å². The SMILES string of the molecule is CCCC1CCCC(O)(C2=CCCCCCC2)CC1. The Morgan fingerprint density at radius 2 is 1.95 bits per heavy atom. The summed E-state index contributed by atoms with van der Waals surface area (Å²) in [4.78, 5) is 0. The minimum atomic E-state index is -0.445. The van der Waals surface area contributed by atoms with E-state index in [4.69, 9.17) is 0 Å². The molecule has 0 saturated heterocycles. The Bertz CT molecular complexity index is 294. The van der Waals surface area contributed by atoms with Crippen molar-refractivity contribution in [3.8, 4) is 0 Å². The van der Waals surface area contributed by atoms with Gasteiger partial charge in [-0.1, -0.05) is 45.1 Å². The van der Waals surface area contributed by atoms with Gasteiger partial charge in [-0.2, -0.15) is 0 Å². The molecule has 2 aliphatic carbocycles. The Balaban J connectivity index is 1.99. The van der Waals surface area contributed by atoms with Crippen LogP contribution in [0, 0.1) is 5.92 Å². The van der Waals surface area contributed by atoms with E-state index < -0.39 is 5.60 Å². The van der Waals surface area contributed by atoms with E-state index in [0.717, 1.165) is 25.2 Å². The Labute approximate surface area is 119 Å². The van der Waals surface area contributed by atoms with Crippen LogP contribution in [0.3, 0.4) is 0 Å². The summed E-state index contributed by atoms with van der Waals surface area (Å²) in [6, 6.07) is 0. The highest BCUT2D eigenvalue weighted by atomic mass is 16.3. The summed E-state index contributed by atoms with van der Waals surface area (Å²) in [5, 5.41) is 11.1. The van der Waals surface area contributed by atoms with Gasteiger partial charge in [-0.25, -0.2) is 0 Å². The van der Waals surface area contributed by atoms with Gasteiger partial charge in [0.15, 0.2) is 0 Å². The quantitative estimate of drug-likeness (QED) is 0.536. The molecule has 0 aromatic carbocycles. The van der Waals surface area contributed by atoms with E-state index >= 15 is 0 Å². The van der Waals surface area contributed by atoms with Gasteiger partial charge < -0.3 is 5.11 Å². The molecule has 0 aromatic rings. The van der Waals surface area contributed by atoms with Crippen LogP contribution >= 0.6 is 0 Å². The molecule has 110 valence electrons. The highest BCUT2D eigenvalue weighted by molar-refractivity contribution is 5.18. The minimum Gasteiger partial charge on any atom is -0.386 e. The predicted molar refractivity (Wildman–Crippen MR) is 82.2 cm³/mol. The number of allylic oxidation sites excluding steroid dienone is 1. The van der Waals surface area contributed by atoms with E-state index in [2.05, 4.69) is 13.0 Å². The van der Waals surface area contributed by atoms with Crippen molar-refractivity contribution in [1.82, 2.24) is 0 Å². The fourth-order valence-corrected chi connectivity index (χ4v) is 4.03. The summed E-state index contributed by atoms with van der Waals surface area (Å²) < 4.78 is 0. The van der Waals surface area contributed by atoms with Crippen LogP contribution in [0.2, 0.25) is 0 Å². The first-order chi connectivity index (χ1) is 9.24. The molecule has 1 fully saturated rings. The molecule has 2 rings (SSSR count). The summed E-state index contributed by atoms with van der Waals surface area (Å²) in [6.07, 6.45) is 18.5. The normalized spacial score (nSPS) is 34.0. The molecule has 0 radical (unpaired) electrons. The average molecular weight is 264 g/mol. The summed E-state index contributed by atoms with van der Waals surface area (Å²) in [7, 11) is 0. The van der Waals surface area contributed by atoms with Gasteiger partial charge in [0.1, 0.15) is 0 Å². The zero-order valence-corrected chi connectivity index (χ0v) is 12.8. The van der Waals surface area contributed by atoms with E-state index in [1.807, 2.05) is 0 Å². The van der Waals surface area contributed by atoms with Crippen LogP contribution in [0.25, 0.3) is 0 Å². The maximum atomic E-state index is 11.1. The number of rotatable bonds is 3. The zero-order chi connectivity index (χ0) is 13.6. The Morgan fingerprint density at radius 1 is 1.11 bits per heavy atom. The molecule has 0 aliphatic heterocycles. The van der Waals surface area contributed by atoms with Crippen LogP contribution in [0.1, 0.15) is 90.4 Å². The molecule has 1 saturated carbocycles. The van der Waals surface area contributed by atoms with E-state index in [0.29, 0.717) is 0 Å². The monoisotopic (exact) mass is 264 g/mol. The van der Waals surface area contributed by atoms with Gasteiger partial charge in [-0.3, -0.25) is 0 Å². The minimum absolute atomic E-state index is 0.445. The second-order valence-corrected chi connectivity index (χ2v) is 6.80. The van der Waals surface area contributed by atoms with Crippen molar-refractivity contribution in [2.24, 2.45) is 5.92 Å². The van der Waals surface area contributed by atoms with Crippen molar-refractivity contribution in [3.05, 3.63) is 11.6 Å². The third kappa shape index (κ3) is 4.34. The second kappa shape index (κ2) is 7.47. The van der Waals surface area contributed by atoms with E-state index in [9.17, 15) is 5.11 Å². The Morgan fingerprint density at radius 3 is 2.79 bits per heavy atom. The van der Waals surface area contributed by atoms with Crippen molar-refractivity contribution in [1.29, 1.82) is 0 Å². The van der Waals surface area contributed by atoms with Crippen LogP contribution < -0.4 is 0 Å². The maximum absolute atomic E-state index is 11.1. The summed E-state index contributed by atoms with van der Waals surface area (Å²) in [6.45, 7) is 2.29. The summed E-state index contributed by atoms with van der Waals surface area (Å²) in [5.74, 6) is 0.869.